The molecule has 0 bridgehead atoms. The first-order valence-electron chi connectivity index (χ1n) is 8.28. The number of thiol groups is 1. The van der Waals surface area contributed by atoms with Crippen LogP contribution < -0.4 is 16.4 Å². The van der Waals surface area contributed by atoms with E-state index in [1.807, 2.05) is 0 Å². The molecule has 5 atom stereocenters. The van der Waals surface area contributed by atoms with Crippen molar-refractivity contribution < 1.29 is 29.4 Å². The molecule has 0 spiro atoms. The van der Waals surface area contributed by atoms with Crippen molar-refractivity contribution >= 4 is 36.3 Å². The van der Waals surface area contributed by atoms with Crippen molar-refractivity contribution in [2.45, 2.75) is 57.0 Å². The third-order valence-electron chi connectivity index (χ3n) is 4.19. The van der Waals surface area contributed by atoms with Gasteiger partial charge in [-0.1, -0.05) is 0 Å². The Morgan fingerprint density at radius 1 is 1.27 bits per heavy atom. The van der Waals surface area contributed by atoms with Crippen LogP contribution in [0.5, 0.6) is 0 Å². The van der Waals surface area contributed by atoms with Crippen LogP contribution in [0.2, 0.25) is 0 Å². The number of amides is 3. The van der Waals surface area contributed by atoms with Crippen LogP contribution in [0, 0.1) is 0 Å². The molecule has 0 aliphatic carbocycles. The van der Waals surface area contributed by atoms with Gasteiger partial charge < -0.3 is 31.5 Å². The summed E-state index contributed by atoms with van der Waals surface area (Å²) in [6, 6.07) is -4.10. The molecule has 0 aromatic rings. The third-order valence-corrected chi connectivity index (χ3v) is 4.55. The summed E-state index contributed by atoms with van der Waals surface area (Å²) in [7, 11) is 0. The lowest BCUT2D eigenvalue weighted by Crippen LogP contribution is -2.57. The van der Waals surface area contributed by atoms with Gasteiger partial charge in [-0.3, -0.25) is 19.2 Å². The lowest BCUT2D eigenvalue weighted by molar-refractivity contribution is -0.143. The van der Waals surface area contributed by atoms with Crippen LogP contribution in [0.25, 0.3) is 0 Å². The predicted molar refractivity (Wildman–Crippen MR) is 95.4 cm³/mol. The Bertz CT molecular complexity index is 558. The highest BCUT2D eigenvalue weighted by Crippen LogP contribution is 2.19. The van der Waals surface area contributed by atoms with E-state index in [2.05, 4.69) is 23.3 Å². The van der Waals surface area contributed by atoms with Gasteiger partial charge in [0.05, 0.1) is 6.10 Å². The molecule has 148 valence electrons. The molecule has 6 N–H and O–H groups in total. The monoisotopic (exact) mass is 390 g/mol. The van der Waals surface area contributed by atoms with Crippen LogP contribution >= 0.6 is 12.6 Å². The largest absolute Gasteiger partial charge is 0.480 e. The Labute approximate surface area is 156 Å². The second-order valence-corrected chi connectivity index (χ2v) is 6.63. The number of aliphatic carboxylic acids is 1. The van der Waals surface area contributed by atoms with Crippen LogP contribution in [0.15, 0.2) is 0 Å². The number of carbonyl (C=O) groups is 4. The van der Waals surface area contributed by atoms with Gasteiger partial charge in [-0.05, 0) is 26.7 Å². The van der Waals surface area contributed by atoms with Crippen molar-refractivity contribution in [3.05, 3.63) is 0 Å². The molecule has 0 aromatic carbocycles. The maximum absolute atomic E-state index is 12.5. The smallest absolute Gasteiger partial charge is 0.325 e. The molecule has 1 aliphatic rings. The van der Waals surface area contributed by atoms with E-state index in [4.69, 9.17) is 10.8 Å². The molecule has 5 unspecified atom stereocenters. The quantitative estimate of drug-likeness (QED) is 0.254. The standard InChI is InChI=1S/C15H26N4O6S/c1-7(15(24)25)17-12(21)9(6-26)18-13(22)10-4-3-5-19(10)14(23)11(16)8(2)20/h7-11,20,26H,3-6,16H2,1-2H3,(H,17,21)(H,18,22)(H,24,25). The number of aliphatic hydroxyl groups is 1. The minimum absolute atomic E-state index is 0.0439. The number of hydrogen-bond acceptors (Lipinski definition) is 7. The van der Waals surface area contributed by atoms with E-state index in [9.17, 15) is 24.3 Å². The summed E-state index contributed by atoms with van der Waals surface area (Å²) in [6.45, 7) is 3.01. The fourth-order valence-corrected chi connectivity index (χ4v) is 2.80. The molecule has 0 radical (unpaired) electrons. The van der Waals surface area contributed by atoms with Gasteiger partial charge in [0.2, 0.25) is 17.7 Å². The molecule has 10 nitrogen and oxygen atoms in total. The van der Waals surface area contributed by atoms with Crippen molar-refractivity contribution in [2.24, 2.45) is 5.73 Å². The topological polar surface area (TPSA) is 162 Å². The molecule has 1 saturated heterocycles. The number of aliphatic hydroxyl groups excluding tert-OH is 1. The Balaban J connectivity index is 2.75. The van der Waals surface area contributed by atoms with Crippen LogP contribution in [-0.2, 0) is 19.2 Å². The van der Waals surface area contributed by atoms with Gasteiger partial charge in [0, 0.05) is 12.3 Å². The molecule has 1 aliphatic heterocycles. The molecule has 0 aromatic heterocycles. The van der Waals surface area contributed by atoms with Crippen molar-refractivity contribution in [1.82, 2.24) is 15.5 Å². The number of carboxylic acid groups (broad SMARTS) is 1. The second-order valence-electron chi connectivity index (χ2n) is 6.27. The fraction of sp³-hybridized carbons (Fsp3) is 0.733. The van der Waals surface area contributed by atoms with E-state index in [0.717, 1.165) is 0 Å². The third kappa shape index (κ3) is 5.58. The first-order chi connectivity index (χ1) is 12.1. The lowest BCUT2D eigenvalue weighted by Gasteiger charge is -2.28. The summed E-state index contributed by atoms with van der Waals surface area (Å²) >= 11 is 4.01. The number of nitrogens with two attached hydrogens (primary N) is 1. The SMILES string of the molecule is CC(NC(=O)C(CS)NC(=O)C1CCCN1C(=O)C(N)C(C)O)C(=O)O. The van der Waals surface area contributed by atoms with Crippen molar-refractivity contribution in [1.29, 1.82) is 0 Å². The zero-order valence-corrected chi connectivity index (χ0v) is 15.6. The maximum Gasteiger partial charge on any atom is 0.325 e. The Morgan fingerprint density at radius 2 is 1.88 bits per heavy atom. The van der Waals surface area contributed by atoms with E-state index < -0.39 is 54.0 Å². The Kier molecular flexibility index (Phi) is 8.31. The minimum atomic E-state index is -1.21. The number of carbonyl (C=O) groups excluding carboxylic acids is 3. The van der Waals surface area contributed by atoms with Gasteiger partial charge in [0.1, 0.15) is 24.2 Å². The van der Waals surface area contributed by atoms with E-state index in [1.165, 1.54) is 18.7 Å². The first-order valence-corrected chi connectivity index (χ1v) is 8.91. The summed E-state index contributed by atoms with van der Waals surface area (Å²) in [4.78, 5) is 49.0. The van der Waals surface area contributed by atoms with Crippen molar-refractivity contribution in [3.8, 4) is 0 Å². The van der Waals surface area contributed by atoms with Gasteiger partial charge in [0.15, 0.2) is 0 Å². The second kappa shape index (κ2) is 9.74. The minimum Gasteiger partial charge on any atom is -0.480 e. The van der Waals surface area contributed by atoms with Crippen LogP contribution in [0.3, 0.4) is 0 Å². The van der Waals surface area contributed by atoms with Crippen molar-refractivity contribution in [3.63, 3.8) is 0 Å². The molecule has 3 amide bonds. The maximum atomic E-state index is 12.5. The zero-order chi connectivity index (χ0) is 20.0. The van der Waals surface area contributed by atoms with Gasteiger partial charge in [-0.15, -0.1) is 0 Å². The van der Waals surface area contributed by atoms with Gasteiger partial charge in [-0.25, -0.2) is 0 Å². The average Bonchev–Trinajstić information content (AvgIpc) is 3.07. The highest BCUT2D eigenvalue weighted by Gasteiger charge is 2.38. The first kappa shape index (κ1) is 22.2. The zero-order valence-electron chi connectivity index (χ0n) is 14.7. The number of nitrogens with zero attached hydrogens (tertiary/aromatic N) is 1. The summed E-state index contributed by atoms with van der Waals surface area (Å²) < 4.78 is 0. The van der Waals surface area contributed by atoms with E-state index >= 15 is 0 Å². The molecule has 11 heteroatoms. The van der Waals surface area contributed by atoms with Crippen molar-refractivity contribution in [2.75, 3.05) is 12.3 Å². The molecule has 1 rings (SSSR count). The van der Waals surface area contributed by atoms with E-state index in [1.54, 1.807) is 0 Å². The Hall–Kier alpha value is -1.85. The highest BCUT2D eigenvalue weighted by atomic mass is 32.1. The van der Waals surface area contributed by atoms with Crippen LogP contribution in [0.1, 0.15) is 26.7 Å². The van der Waals surface area contributed by atoms with E-state index in [-0.39, 0.29) is 5.75 Å². The summed E-state index contributed by atoms with van der Waals surface area (Å²) in [5.41, 5.74) is 5.66. The van der Waals surface area contributed by atoms with E-state index in [0.29, 0.717) is 19.4 Å². The molecule has 26 heavy (non-hydrogen) atoms. The molecule has 1 heterocycles. The normalized spacial score (nSPS) is 21.4. The van der Waals surface area contributed by atoms with Crippen LogP contribution in [-0.4, -0.2) is 81.4 Å². The van der Waals surface area contributed by atoms with Gasteiger partial charge in [0.25, 0.3) is 0 Å². The number of rotatable bonds is 8. The molecular weight excluding hydrogens is 364 g/mol. The summed E-state index contributed by atoms with van der Waals surface area (Å²) in [5.74, 6) is -3.02. The number of hydrogen-bond donors (Lipinski definition) is 6. The number of carboxylic acids is 1. The van der Waals surface area contributed by atoms with Gasteiger partial charge >= 0.3 is 5.97 Å². The molecular formula is C15H26N4O6S. The summed E-state index contributed by atoms with van der Waals surface area (Å²) in [6.07, 6.45) is -0.0685. The molecule has 1 fully saturated rings. The molecule has 0 saturated carbocycles. The van der Waals surface area contributed by atoms with Gasteiger partial charge in [-0.2, -0.15) is 12.6 Å². The Morgan fingerprint density at radius 3 is 2.38 bits per heavy atom. The average molecular weight is 390 g/mol. The van der Waals surface area contributed by atoms with Crippen LogP contribution in [0.4, 0.5) is 0 Å². The number of likely N-dealkylation sites (tertiary alicyclic amines) is 1. The predicted octanol–water partition coefficient (Wildman–Crippen LogP) is -2.31. The number of nitrogens with one attached hydrogen (secondary N) is 2. The highest BCUT2D eigenvalue weighted by molar-refractivity contribution is 7.80. The summed E-state index contributed by atoms with van der Waals surface area (Å²) in [5, 5.41) is 23.1. The lowest BCUT2D eigenvalue weighted by atomic mass is 10.1. The fourth-order valence-electron chi connectivity index (χ4n) is 2.54.